The Morgan fingerprint density at radius 3 is 2.47 bits per heavy atom. The molecule has 0 heterocycles. The predicted molar refractivity (Wildman–Crippen MR) is 78.2 cm³/mol. The number of halogens is 1. The Bertz CT molecular complexity index is 521. The lowest BCUT2D eigenvalue weighted by molar-refractivity contribution is -0.384. The number of nitro benzene ring substituents is 1. The molecule has 5 nitrogen and oxygen atoms in total. The Kier molecular flexibility index (Phi) is 4.68. The van der Waals surface area contributed by atoms with E-state index >= 15 is 0 Å². The van der Waals surface area contributed by atoms with Crippen LogP contribution in [0.3, 0.4) is 0 Å². The van der Waals surface area contributed by atoms with E-state index in [9.17, 15) is 14.9 Å². The monoisotopic (exact) mass is 328 g/mol. The number of rotatable bonds is 3. The fourth-order valence-electron chi connectivity index (χ4n) is 1.70. The quantitative estimate of drug-likeness (QED) is 0.672. The van der Waals surface area contributed by atoms with Crippen molar-refractivity contribution in [3.8, 4) is 0 Å². The van der Waals surface area contributed by atoms with Crippen molar-refractivity contribution in [2.24, 2.45) is 5.41 Å². The third-order valence-electron chi connectivity index (χ3n) is 2.43. The van der Waals surface area contributed by atoms with Gasteiger partial charge >= 0.3 is 0 Å². The summed E-state index contributed by atoms with van der Waals surface area (Å²) in [5.41, 5.74) is 0.655. The molecular formula is C13H17BrN2O3. The summed E-state index contributed by atoms with van der Waals surface area (Å²) in [6, 6.07) is 3.12. The number of hydrogen-bond acceptors (Lipinski definition) is 3. The molecule has 0 radical (unpaired) electrons. The first-order valence-corrected chi connectivity index (χ1v) is 6.64. The highest BCUT2D eigenvalue weighted by Gasteiger charge is 2.22. The average molecular weight is 329 g/mol. The lowest BCUT2D eigenvalue weighted by Gasteiger charge is -2.18. The highest BCUT2D eigenvalue weighted by atomic mass is 79.9. The van der Waals surface area contributed by atoms with Crippen molar-refractivity contribution in [2.75, 3.05) is 5.32 Å². The van der Waals surface area contributed by atoms with Crippen LogP contribution in [0.1, 0.15) is 32.8 Å². The Morgan fingerprint density at radius 2 is 2.00 bits per heavy atom. The number of carbonyl (C=O) groups is 1. The summed E-state index contributed by atoms with van der Waals surface area (Å²) in [4.78, 5) is 22.4. The maximum Gasteiger partial charge on any atom is 0.294 e. The maximum absolute atomic E-state index is 11.9. The van der Waals surface area contributed by atoms with Gasteiger partial charge in [-0.15, -0.1) is 0 Å². The molecule has 1 N–H and O–H groups in total. The van der Waals surface area contributed by atoms with Crippen LogP contribution >= 0.6 is 15.9 Å². The summed E-state index contributed by atoms with van der Waals surface area (Å²) in [6.45, 7) is 7.55. The van der Waals surface area contributed by atoms with E-state index in [1.807, 2.05) is 20.8 Å². The van der Waals surface area contributed by atoms with E-state index in [2.05, 4.69) is 21.2 Å². The normalized spacial score (nSPS) is 11.2. The molecule has 0 saturated heterocycles. The first-order chi connectivity index (χ1) is 8.60. The smallest absolute Gasteiger partial charge is 0.294 e. The fourth-order valence-corrected chi connectivity index (χ4v) is 2.26. The zero-order chi connectivity index (χ0) is 14.8. The number of benzene rings is 1. The topological polar surface area (TPSA) is 72.2 Å². The maximum atomic E-state index is 11.9. The van der Waals surface area contributed by atoms with Crippen molar-refractivity contribution >= 4 is 33.2 Å². The van der Waals surface area contributed by atoms with Crippen LogP contribution in [-0.4, -0.2) is 10.8 Å². The van der Waals surface area contributed by atoms with Crippen LogP contribution < -0.4 is 5.32 Å². The van der Waals surface area contributed by atoms with Crippen LogP contribution in [0.15, 0.2) is 16.6 Å². The third-order valence-corrected chi connectivity index (χ3v) is 2.89. The van der Waals surface area contributed by atoms with E-state index in [0.717, 1.165) is 0 Å². The van der Waals surface area contributed by atoms with E-state index in [4.69, 9.17) is 0 Å². The first kappa shape index (κ1) is 15.6. The van der Waals surface area contributed by atoms with E-state index < -0.39 is 4.92 Å². The number of nitrogens with one attached hydrogen (secondary N) is 1. The number of nitrogens with zero attached hydrogens (tertiary/aromatic N) is 1. The molecule has 0 aliphatic carbocycles. The Hall–Kier alpha value is -1.43. The van der Waals surface area contributed by atoms with Gasteiger partial charge in [-0.3, -0.25) is 14.9 Å². The van der Waals surface area contributed by atoms with Crippen molar-refractivity contribution in [3.63, 3.8) is 0 Å². The minimum Gasteiger partial charge on any atom is -0.320 e. The average Bonchev–Trinajstić information content (AvgIpc) is 2.18. The number of aryl methyl sites for hydroxylation is 1. The molecule has 0 atom stereocenters. The summed E-state index contributed by atoms with van der Waals surface area (Å²) < 4.78 is 0.616. The Balaban J connectivity index is 3.07. The second-order valence-corrected chi connectivity index (χ2v) is 6.58. The molecule has 0 saturated carbocycles. The molecule has 0 fully saturated rings. The fraction of sp³-hybridized carbons (Fsp3) is 0.462. The summed E-state index contributed by atoms with van der Waals surface area (Å²) in [7, 11) is 0. The molecule has 0 aliphatic heterocycles. The van der Waals surface area contributed by atoms with Gasteiger partial charge < -0.3 is 5.32 Å². The molecule has 6 heteroatoms. The van der Waals surface area contributed by atoms with Crippen molar-refractivity contribution < 1.29 is 9.72 Å². The van der Waals surface area contributed by atoms with E-state index in [1.54, 1.807) is 13.0 Å². The molecule has 1 amide bonds. The molecule has 1 aromatic carbocycles. The molecule has 19 heavy (non-hydrogen) atoms. The van der Waals surface area contributed by atoms with E-state index in [0.29, 0.717) is 16.5 Å². The highest BCUT2D eigenvalue weighted by molar-refractivity contribution is 9.10. The minimum atomic E-state index is -0.496. The number of hydrogen-bond donors (Lipinski definition) is 1. The van der Waals surface area contributed by atoms with Crippen LogP contribution in [0, 0.1) is 22.5 Å². The number of nitro groups is 1. The molecule has 0 bridgehead atoms. The first-order valence-electron chi connectivity index (χ1n) is 5.84. The van der Waals surface area contributed by atoms with Crippen molar-refractivity contribution in [1.29, 1.82) is 0 Å². The summed E-state index contributed by atoms with van der Waals surface area (Å²) in [5.74, 6) is -0.221. The molecule has 1 aromatic rings. The largest absolute Gasteiger partial charge is 0.320 e. The van der Waals surface area contributed by atoms with Crippen molar-refractivity contribution in [3.05, 3.63) is 32.3 Å². The van der Waals surface area contributed by atoms with Gasteiger partial charge in [-0.05, 0) is 24.0 Å². The van der Waals surface area contributed by atoms with Crippen LogP contribution in [0.4, 0.5) is 11.4 Å². The van der Waals surface area contributed by atoms with Gasteiger partial charge in [0.25, 0.3) is 5.69 Å². The van der Waals surface area contributed by atoms with Gasteiger partial charge in [0.2, 0.25) is 5.91 Å². The predicted octanol–water partition coefficient (Wildman–Crippen LogP) is 4.04. The van der Waals surface area contributed by atoms with Gasteiger partial charge in [-0.1, -0.05) is 36.7 Å². The second kappa shape index (κ2) is 5.69. The number of carbonyl (C=O) groups excluding carboxylic acids is 1. The standard InChI is InChI=1S/C13H17BrN2O3/c1-8-5-9(14)6-10(16(18)19)12(8)15-11(17)7-13(2,3)4/h5-6H,7H2,1-4H3,(H,15,17). The third kappa shape index (κ3) is 4.63. The van der Waals surface area contributed by atoms with Gasteiger partial charge in [0.1, 0.15) is 5.69 Å². The highest BCUT2D eigenvalue weighted by Crippen LogP contribution is 2.32. The molecule has 104 valence electrons. The van der Waals surface area contributed by atoms with Crippen LogP contribution in [0.25, 0.3) is 0 Å². The molecule has 0 spiro atoms. The Labute approximate surface area is 120 Å². The minimum absolute atomic E-state index is 0.103. The van der Waals surface area contributed by atoms with E-state index in [-0.39, 0.29) is 22.7 Å². The number of anilines is 1. The summed E-state index contributed by atoms with van der Waals surface area (Å²) >= 11 is 3.21. The zero-order valence-electron chi connectivity index (χ0n) is 11.4. The van der Waals surface area contributed by atoms with E-state index in [1.165, 1.54) is 6.07 Å². The zero-order valence-corrected chi connectivity index (χ0v) is 13.0. The molecule has 1 rings (SSSR count). The van der Waals surface area contributed by atoms with Gasteiger partial charge in [0, 0.05) is 17.0 Å². The lowest BCUT2D eigenvalue weighted by Crippen LogP contribution is -2.20. The summed E-state index contributed by atoms with van der Waals surface area (Å²) in [5, 5.41) is 13.7. The van der Waals surface area contributed by atoms with Crippen LogP contribution in [0.2, 0.25) is 0 Å². The van der Waals surface area contributed by atoms with Crippen LogP contribution in [-0.2, 0) is 4.79 Å². The van der Waals surface area contributed by atoms with Gasteiger partial charge in [0.15, 0.2) is 0 Å². The van der Waals surface area contributed by atoms with Gasteiger partial charge in [0.05, 0.1) is 4.92 Å². The Morgan fingerprint density at radius 1 is 1.42 bits per heavy atom. The van der Waals surface area contributed by atoms with Gasteiger partial charge in [-0.2, -0.15) is 0 Å². The van der Waals surface area contributed by atoms with Crippen molar-refractivity contribution in [1.82, 2.24) is 0 Å². The second-order valence-electron chi connectivity index (χ2n) is 5.66. The summed E-state index contributed by atoms with van der Waals surface area (Å²) in [6.07, 6.45) is 0.305. The lowest BCUT2D eigenvalue weighted by atomic mass is 9.92. The molecule has 0 unspecified atom stereocenters. The van der Waals surface area contributed by atoms with Crippen LogP contribution in [0.5, 0.6) is 0 Å². The SMILES string of the molecule is Cc1cc(Br)cc([N+](=O)[O-])c1NC(=O)CC(C)(C)C. The number of amides is 1. The molecule has 0 aromatic heterocycles. The van der Waals surface area contributed by atoms with Gasteiger partial charge in [-0.25, -0.2) is 0 Å². The van der Waals surface area contributed by atoms with Crippen molar-refractivity contribution in [2.45, 2.75) is 34.1 Å². The molecule has 0 aliphatic rings. The molecular weight excluding hydrogens is 312 g/mol.